The van der Waals surface area contributed by atoms with Gasteiger partial charge in [-0.05, 0) is 29.8 Å². The Labute approximate surface area is 120 Å². The third kappa shape index (κ3) is 3.66. The Morgan fingerprint density at radius 1 is 1.05 bits per heavy atom. The Morgan fingerprint density at radius 3 is 2.33 bits per heavy atom. The van der Waals surface area contributed by atoms with Crippen LogP contribution in [0.5, 0.6) is 5.75 Å². The maximum absolute atomic E-state index is 11.7. The third-order valence-electron chi connectivity index (χ3n) is 2.69. The largest absolute Gasteiger partial charge is 0.507 e. The Kier molecular flexibility index (Phi) is 4.30. The first-order valence-electron chi connectivity index (χ1n) is 6.02. The fourth-order valence-electron chi connectivity index (χ4n) is 1.60. The zero-order chi connectivity index (χ0) is 15.2. The average Bonchev–Trinajstić information content (AvgIpc) is 2.48. The van der Waals surface area contributed by atoms with Crippen LogP contribution in [0, 0.1) is 0 Å². The van der Waals surface area contributed by atoms with Gasteiger partial charge < -0.3 is 10.2 Å². The normalized spacial score (nSPS) is 10.5. The van der Waals surface area contributed by atoms with Gasteiger partial charge in [0.1, 0.15) is 5.75 Å². The fourth-order valence-corrected chi connectivity index (χ4v) is 1.60. The molecule has 0 bridgehead atoms. The van der Waals surface area contributed by atoms with E-state index in [1.54, 1.807) is 24.3 Å². The first-order chi connectivity index (χ1) is 10.1. The second-order valence-corrected chi connectivity index (χ2v) is 4.14. The molecule has 2 aromatic carbocycles. The number of hydrogen-bond donors (Lipinski definition) is 3. The number of nitrogens with one attached hydrogen (secondary N) is 1. The Morgan fingerprint density at radius 2 is 1.71 bits per heavy atom. The van der Waals surface area contributed by atoms with E-state index in [-0.39, 0.29) is 16.9 Å². The number of para-hydroxylation sites is 1. The number of nitrogens with zero attached hydrogens (tertiary/aromatic N) is 1. The molecule has 1 amide bonds. The van der Waals surface area contributed by atoms with Crippen molar-refractivity contribution in [2.75, 3.05) is 0 Å². The summed E-state index contributed by atoms with van der Waals surface area (Å²) in [6.07, 6.45) is 1.38. The van der Waals surface area contributed by atoms with Crippen molar-refractivity contribution in [2.24, 2.45) is 5.10 Å². The van der Waals surface area contributed by atoms with Crippen molar-refractivity contribution < 1.29 is 19.8 Å². The number of hydrogen-bond acceptors (Lipinski definition) is 4. The molecular formula is C15H12N2O4. The van der Waals surface area contributed by atoms with E-state index in [1.807, 2.05) is 0 Å². The monoisotopic (exact) mass is 284 g/mol. The summed E-state index contributed by atoms with van der Waals surface area (Å²) in [4.78, 5) is 22.4. The number of phenols is 1. The van der Waals surface area contributed by atoms with Crippen LogP contribution in [0.25, 0.3) is 0 Å². The highest BCUT2D eigenvalue weighted by atomic mass is 16.4. The lowest BCUT2D eigenvalue weighted by Gasteiger charge is -2.01. The van der Waals surface area contributed by atoms with Gasteiger partial charge in [0.2, 0.25) is 0 Å². The van der Waals surface area contributed by atoms with Crippen molar-refractivity contribution in [1.82, 2.24) is 5.43 Å². The number of carbonyl (C=O) groups is 2. The van der Waals surface area contributed by atoms with Gasteiger partial charge in [0, 0.05) is 0 Å². The van der Waals surface area contributed by atoms with Crippen LogP contribution in [-0.4, -0.2) is 28.3 Å². The number of aromatic carboxylic acids is 1. The van der Waals surface area contributed by atoms with Gasteiger partial charge in [-0.3, -0.25) is 4.79 Å². The molecule has 0 aromatic heterocycles. The molecule has 21 heavy (non-hydrogen) atoms. The lowest BCUT2D eigenvalue weighted by molar-refractivity contribution is 0.0696. The topological polar surface area (TPSA) is 99.0 Å². The van der Waals surface area contributed by atoms with Crippen molar-refractivity contribution in [3.05, 3.63) is 65.2 Å². The van der Waals surface area contributed by atoms with Gasteiger partial charge in [-0.15, -0.1) is 0 Å². The Bertz CT molecular complexity index is 693. The maximum Gasteiger partial charge on any atom is 0.335 e. The van der Waals surface area contributed by atoms with E-state index in [2.05, 4.69) is 10.5 Å². The third-order valence-corrected chi connectivity index (χ3v) is 2.69. The molecule has 2 aromatic rings. The molecule has 0 fully saturated rings. The molecular weight excluding hydrogens is 272 g/mol. The molecule has 2 rings (SSSR count). The van der Waals surface area contributed by atoms with Gasteiger partial charge in [-0.2, -0.15) is 5.10 Å². The van der Waals surface area contributed by atoms with Crippen LogP contribution >= 0.6 is 0 Å². The lowest BCUT2D eigenvalue weighted by atomic mass is 10.1. The van der Waals surface area contributed by atoms with Crippen LogP contribution in [-0.2, 0) is 0 Å². The molecule has 3 N–H and O–H groups in total. The maximum atomic E-state index is 11.7. The molecule has 0 saturated carbocycles. The van der Waals surface area contributed by atoms with E-state index in [0.29, 0.717) is 5.56 Å². The SMILES string of the molecule is O=C(O)c1ccc(/C=N\NC(=O)c2ccccc2O)cc1. The van der Waals surface area contributed by atoms with Gasteiger partial charge in [-0.1, -0.05) is 24.3 Å². The second kappa shape index (κ2) is 6.33. The standard InChI is InChI=1S/C15H12N2O4/c18-13-4-2-1-3-12(13)14(19)17-16-9-10-5-7-11(8-6-10)15(20)21/h1-9,18H,(H,17,19)(H,20,21)/b16-9-. The molecule has 106 valence electrons. The van der Waals surface area contributed by atoms with Gasteiger partial charge in [0.25, 0.3) is 5.91 Å². The van der Waals surface area contributed by atoms with Crippen molar-refractivity contribution in [3.63, 3.8) is 0 Å². The summed E-state index contributed by atoms with van der Waals surface area (Å²) in [7, 11) is 0. The van der Waals surface area contributed by atoms with Crippen molar-refractivity contribution >= 4 is 18.1 Å². The molecule has 6 nitrogen and oxygen atoms in total. The second-order valence-electron chi connectivity index (χ2n) is 4.14. The molecule has 0 atom stereocenters. The molecule has 0 spiro atoms. The van der Waals surface area contributed by atoms with Crippen molar-refractivity contribution in [2.45, 2.75) is 0 Å². The van der Waals surface area contributed by atoms with Gasteiger partial charge in [0.15, 0.2) is 0 Å². The number of carbonyl (C=O) groups excluding carboxylic acids is 1. The number of phenolic OH excluding ortho intramolecular Hbond substituents is 1. The molecule has 0 aliphatic rings. The number of amides is 1. The van der Waals surface area contributed by atoms with E-state index >= 15 is 0 Å². The van der Waals surface area contributed by atoms with Gasteiger partial charge >= 0.3 is 5.97 Å². The molecule has 0 radical (unpaired) electrons. The summed E-state index contributed by atoms with van der Waals surface area (Å²) in [5.41, 5.74) is 3.21. The van der Waals surface area contributed by atoms with E-state index < -0.39 is 11.9 Å². The van der Waals surface area contributed by atoms with Crippen LogP contribution in [0.1, 0.15) is 26.3 Å². The number of carboxylic acids is 1. The number of benzene rings is 2. The predicted molar refractivity (Wildman–Crippen MR) is 76.6 cm³/mol. The van der Waals surface area contributed by atoms with Crippen molar-refractivity contribution in [3.8, 4) is 5.75 Å². The summed E-state index contributed by atoms with van der Waals surface area (Å²) >= 11 is 0. The highest BCUT2D eigenvalue weighted by Gasteiger charge is 2.08. The Hall–Kier alpha value is -3.15. The van der Waals surface area contributed by atoms with Crippen LogP contribution in [0.15, 0.2) is 53.6 Å². The summed E-state index contributed by atoms with van der Waals surface area (Å²) in [6, 6.07) is 12.1. The van der Waals surface area contributed by atoms with Crippen LogP contribution in [0.3, 0.4) is 0 Å². The molecule has 6 heteroatoms. The Balaban J connectivity index is 2.01. The number of aromatic hydroxyl groups is 1. The minimum Gasteiger partial charge on any atom is -0.507 e. The molecule has 0 unspecified atom stereocenters. The molecule has 0 saturated heterocycles. The van der Waals surface area contributed by atoms with Gasteiger partial charge in [0.05, 0.1) is 17.3 Å². The zero-order valence-electron chi connectivity index (χ0n) is 10.9. The first kappa shape index (κ1) is 14.3. The summed E-state index contributed by atoms with van der Waals surface area (Å²) < 4.78 is 0. The van der Waals surface area contributed by atoms with Crippen LogP contribution < -0.4 is 5.43 Å². The smallest absolute Gasteiger partial charge is 0.335 e. The van der Waals surface area contributed by atoms with E-state index in [4.69, 9.17) is 5.11 Å². The van der Waals surface area contributed by atoms with E-state index in [0.717, 1.165) is 0 Å². The van der Waals surface area contributed by atoms with Crippen LogP contribution in [0.4, 0.5) is 0 Å². The molecule has 0 aliphatic heterocycles. The average molecular weight is 284 g/mol. The number of hydrazone groups is 1. The summed E-state index contributed by atoms with van der Waals surface area (Å²) in [5, 5.41) is 22.0. The highest BCUT2D eigenvalue weighted by Crippen LogP contribution is 2.14. The quantitative estimate of drug-likeness (QED) is 0.589. The van der Waals surface area contributed by atoms with Gasteiger partial charge in [-0.25, -0.2) is 10.2 Å². The van der Waals surface area contributed by atoms with Crippen molar-refractivity contribution in [1.29, 1.82) is 0 Å². The fraction of sp³-hybridized carbons (Fsp3) is 0. The number of carboxylic acid groups (broad SMARTS) is 1. The van der Waals surface area contributed by atoms with E-state index in [1.165, 1.54) is 30.5 Å². The number of rotatable bonds is 4. The summed E-state index contributed by atoms with van der Waals surface area (Å²) in [6.45, 7) is 0. The van der Waals surface area contributed by atoms with Crippen LogP contribution in [0.2, 0.25) is 0 Å². The minimum atomic E-state index is -1.01. The molecule has 0 aliphatic carbocycles. The lowest BCUT2D eigenvalue weighted by Crippen LogP contribution is -2.17. The summed E-state index contributed by atoms with van der Waals surface area (Å²) in [5.74, 6) is -1.67. The van der Waals surface area contributed by atoms with E-state index in [9.17, 15) is 14.7 Å². The predicted octanol–water partition coefficient (Wildman–Crippen LogP) is 1.85. The zero-order valence-corrected chi connectivity index (χ0v) is 10.9. The minimum absolute atomic E-state index is 0.121. The first-order valence-corrected chi connectivity index (χ1v) is 6.02. The highest BCUT2D eigenvalue weighted by molar-refractivity contribution is 5.97. The molecule has 0 heterocycles.